The fourth-order valence-electron chi connectivity index (χ4n) is 3.08. The van der Waals surface area contributed by atoms with Crippen LogP contribution in [-0.4, -0.2) is 18.9 Å². The van der Waals surface area contributed by atoms with Crippen molar-refractivity contribution in [2.45, 2.75) is 13.8 Å². The monoisotopic (exact) mass is 420 g/mol. The molecule has 2 aromatic heterocycles. The van der Waals surface area contributed by atoms with Gasteiger partial charge in [-0.05, 0) is 56.3 Å². The number of carbonyl (C=O) groups is 2. The lowest BCUT2D eigenvalue weighted by atomic mass is 10.2. The molecule has 152 valence electrons. The summed E-state index contributed by atoms with van der Waals surface area (Å²) in [6, 6.07) is 16.3. The SMILES string of the molecule is COc1c(C(=O)Nc2ccc(C)cc2)oc2ccc(NC(=O)c3ccc(C)s3)cc12. The largest absolute Gasteiger partial charge is 0.492 e. The Morgan fingerprint density at radius 2 is 1.60 bits per heavy atom. The molecule has 0 saturated heterocycles. The predicted octanol–water partition coefficient (Wildman–Crippen LogP) is 5.62. The smallest absolute Gasteiger partial charge is 0.295 e. The van der Waals surface area contributed by atoms with Crippen LogP contribution in [-0.2, 0) is 0 Å². The predicted molar refractivity (Wildman–Crippen MR) is 119 cm³/mol. The Labute approximate surface area is 177 Å². The number of benzene rings is 2. The van der Waals surface area contributed by atoms with Gasteiger partial charge in [-0.3, -0.25) is 9.59 Å². The summed E-state index contributed by atoms with van der Waals surface area (Å²) in [5, 5.41) is 6.29. The van der Waals surface area contributed by atoms with Crippen molar-refractivity contribution < 1.29 is 18.7 Å². The number of rotatable bonds is 5. The third-order valence-electron chi connectivity index (χ3n) is 4.58. The van der Waals surface area contributed by atoms with Crippen LogP contribution in [0.15, 0.2) is 59.0 Å². The molecule has 6 nitrogen and oxygen atoms in total. The van der Waals surface area contributed by atoms with Gasteiger partial charge in [-0.15, -0.1) is 11.3 Å². The van der Waals surface area contributed by atoms with E-state index >= 15 is 0 Å². The van der Waals surface area contributed by atoms with Crippen molar-refractivity contribution in [1.82, 2.24) is 0 Å². The molecule has 0 aliphatic heterocycles. The number of anilines is 2. The molecule has 0 aliphatic carbocycles. The Hall–Kier alpha value is -3.58. The Morgan fingerprint density at radius 1 is 0.900 bits per heavy atom. The zero-order valence-electron chi connectivity index (χ0n) is 16.7. The van der Waals surface area contributed by atoms with Crippen LogP contribution in [0.1, 0.15) is 30.7 Å². The topological polar surface area (TPSA) is 80.6 Å². The molecule has 0 fully saturated rings. The number of hydrogen-bond acceptors (Lipinski definition) is 5. The summed E-state index contributed by atoms with van der Waals surface area (Å²) in [6.45, 7) is 3.93. The highest BCUT2D eigenvalue weighted by Gasteiger charge is 2.22. The molecule has 2 N–H and O–H groups in total. The number of furan rings is 1. The van der Waals surface area contributed by atoms with Gasteiger partial charge in [-0.1, -0.05) is 17.7 Å². The summed E-state index contributed by atoms with van der Waals surface area (Å²) in [6.07, 6.45) is 0. The third kappa shape index (κ3) is 3.92. The lowest BCUT2D eigenvalue weighted by Gasteiger charge is -2.05. The average molecular weight is 420 g/mol. The van der Waals surface area contributed by atoms with Crippen LogP contribution in [0.5, 0.6) is 5.75 Å². The van der Waals surface area contributed by atoms with Crippen LogP contribution in [0.25, 0.3) is 11.0 Å². The zero-order chi connectivity index (χ0) is 21.3. The molecule has 0 unspecified atom stereocenters. The van der Waals surface area contributed by atoms with E-state index in [4.69, 9.17) is 9.15 Å². The van der Waals surface area contributed by atoms with Crippen LogP contribution >= 0.6 is 11.3 Å². The first kappa shape index (κ1) is 19.7. The number of nitrogens with one attached hydrogen (secondary N) is 2. The molecule has 2 heterocycles. The van der Waals surface area contributed by atoms with Crippen LogP contribution in [0.2, 0.25) is 0 Å². The van der Waals surface area contributed by atoms with Crippen LogP contribution in [0.4, 0.5) is 11.4 Å². The maximum absolute atomic E-state index is 12.7. The van der Waals surface area contributed by atoms with E-state index in [0.29, 0.717) is 33.0 Å². The first-order valence-corrected chi connectivity index (χ1v) is 10.1. The summed E-state index contributed by atoms with van der Waals surface area (Å²) in [4.78, 5) is 26.9. The van der Waals surface area contributed by atoms with Crippen molar-refractivity contribution in [3.05, 3.63) is 75.7 Å². The molecule has 4 aromatic rings. The van der Waals surface area contributed by atoms with Gasteiger partial charge in [0.05, 0.1) is 17.4 Å². The van der Waals surface area contributed by atoms with E-state index in [1.165, 1.54) is 18.4 Å². The first-order valence-electron chi connectivity index (χ1n) is 9.31. The Bertz CT molecular complexity index is 1240. The number of ether oxygens (including phenoxy) is 1. The van der Waals surface area contributed by atoms with Gasteiger partial charge in [0.1, 0.15) is 5.58 Å². The number of methoxy groups -OCH3 is 1. The van der Waals surface area contributed by atoms with E-state index < -0.39 is 5.91 Å². The van der Waals surface area contributed by atoms with E-state index in [2.05, 4.69) is 10.6 Å². The Kier molecular flexibility index (Phi) is 5.29. The molecule has 0 saturated carbocycles. The van der Waals surface area contributed by atoms with E-state index in [0.717, 1.165) is 10.4 Å². The third-order valence-corrected chi connectivity index (χ3v) is 5.58. The quantitative estimate of drug-likeness (QED) is 0.439. The molecule has 30 heavy (non-hydrogen) atoms. The summed E-state index contributed by atoms with van der Waals surface area (Å²) >= 11 is 1.43. The number of fused-ring (bicyclic) bond motifs is 1. The normalized spacial score (nSPS) is 10.8. The highest BCUT2D eigenvalue weighted by atomic mass is 32.1. The highest BCUT2D eigenvalue weighted by molar-refractivity contribution is 7.14. The second-order valence-corrected chi connectivity index (χ2v) is 8.15. The van der Waals surface area contributed by atoms with Gasteiger partial charge in [-0.2, -0.15) is 0 Å². The molecule has 0 radical (unpaired) electrons. The van der Waals surface area contributed by atoms with Gasteiger partial charge in [0.2, 0.25) is 5.76 Å². The molecule has 0 spiro atoms. The number of carbonyl (C=O) groups excluding carboxylic acids is 2. The van der Waals surface area contributed by atoms with Crippen molar-refractivity contribution >= 4 is 45.5 Å². The van der Waals surface area contributed by atoms with Crippen molar-refractivity contribution in [1.29, 1.82) is 0 Å². The first-order chi connectivity index (χ1) is 14.4. The Balaban J connectivity index is 1.61. The maximum atomic E-state index is 12.7. The summed E-state index contributed by atoms with van der Waals surface area (Å²) < 4.78 is 11.2. The van der Waals surface area contributed by atoms with Crippen LogP contribution in [0, 0.1) is 13.8 Å². The van der Waals surface area contributed by atoms with E-state index in [-0.39, 0.29) is 11.7 Å². The average Bonchev–Trinajstić information content (AvgIpc) is 3.33. The van der Waals surface area contributed by atoms with Crippen LogP contribution in [0.3, 0.4) is 0 Å². The maximum Gasteiger partial charge on any atom is 0.295 e. The van der Waals surface area contributed by atoms with Gasteiger partial charge >= 0.3 is 0 Å². The van der Waals surface area contributed by atoms with Gasteiger partial charge in [0, 0.05) is 16.3 Å². The van der Waals surface area contributed by atoms with Gasteiger partial charge in [0.25, 0.3) is 11.8 Å². The van der Waals surface area contributed by atoms with Crippen molar-refractivity contribution in [2.24, 2.45) is 0 Å². The minimum absolute atomic E-state index is 0.0745. The fourth-order valence-corrected chi connectivity index (χ4v) is 3.84. The standard InChI is InChI=1S/C23H20N2O4S/c1-13-4-7-15(8-5-13)24-23(27)21-20(28-3)17-12-16(9-10-18(17)29-21)25-22(26)19-11-6-14(2)30-19/h4-12H,1-3H3,(H,24,27)(H,25,26). The number of thiophene rings is 1. The lowest BCUT2D eigenvalue weighted by molar-refractivity contribution is 0.0993. The minimum atomic E-state index is -0.411. The number of hydrogen-bond donors (Lipinski definition) is 2. The van der Waals surface area contributed by atoms with Crippen molar-refractivity contribution in [3.63, 3.8) is 0 Å². The second-order valence-electron chi connectivity index (χ2n) is 6.86. The number of aryl methyl sites for hydroxylation is 2. The van der Waals surface area contributed by atoms with Gasteiger partial charge < -0.3 is 19.8 Å². The van der Waals surface area contributed by atoms with Crippen molar-refractivity contribution in [3.8, 4) is 5.75 Å². The molecule has 2 amide bonds. The van der Waals surface area contributed by atoms with E-state index in [1.807, 2.05) is 44.2 Å². The number of amides is 2. The summed E-state index contributed by atoms with van der Waals surface area (Å²) in [7, 11) is 1.48. The summed E-state index contributed by atoms with van der Waals surface area (Å²) in [5.74, 6) is -0.207. The van der Waals surface area contributed by atoms with Gasteiger partial charge in [-0.25, -0.2) is 0 Å². The second kappa shape index (κ2) is 8.04. The zero-order valence-corrected chi connectivity index (χ0v) is 17.6. The van der Waals surface area contributed by atoms with Crippen molar-refractivity contribution in [2.75, 3.05) is 17.7 Å². The molecule has 2 aromatic carbocycles. The molecule has 7 heteroatoms. The molecular weight excluding hydrogens is 400 g/mol. The van der Waals surface area contributed by atoms with Crippen LogP contribution < -0.4 is 15.4 Å². The van der Waals surface area contributed by atoms with Gasteiger partial charge in [0.15, 0.2) is 5.75 Å². The van der Waals surface area contributed by atoms with E-state index in [9.17, 15) is 9.59 Å². The molecule has 0 atom stereocenters. The molecular formula is C23H20N2O4S. The summed E-state index contributed by atoms with van der Waals surface area (Å²) in [5.41, 5.74) is 2.84. The minimum Gasteiger partial charge on any atom is -0.492 e. The molecule has 0 aliphatic rings. The highest BCUT2D eigenvalue weighted by Crippen LogP contribution is 2.35. The van der Waals surface area contributed by atoms with E-state index in [1.54, 1.807) is 24.3 Å². The molecule has 4 rings (SSSR count). The Morgan fingerprint density at radius 3 is 2.27 bits per heavy atom. The fraction of sp³-hybridized carbons (Fsp3) is 0.130. The molecule has 0 bridgehead atoms. The lowest BCUT2D eigenvalue weighted by Crippen LogP contribution is -2.12.